The molecule has 4 aromatic rings. The minimum Gasteiger partial charge on any atom is -0.349 e. The van der Waals surface area contributed by atoms with Gasteiger partial charge in [-0.05, 0) is 36.4 Å². The molecule has 2 aromatic heterocycles. The second-order valence-electron chi connectivity index (χ2n) is 5.81. The first-order valence-corrected chi connectivity index (χ1v) is 8.12. The van der Waals surface area contributed by atoms with E-state index >= 15 is 0 Å². The molecule has 0 bridgehead atoms. The molecule has 0 aliphatic carbocycles. The predicted octanol–water partition coefficient (Wildman–Crippen LogP) is 2.94. The number of rotatable bonds is 4. The minimum atomic E-state index is -0.570. The summed E-state index contributed by atoms with van der Waals surface area (Å²) in [5, 5.41) is 12.3. The highest BCUT2D eigenvalue weighted by molar-refractivity contribution is 5.74. The van der Waals surface area contributed by atoms with Crippen LogP contribution in [0.15, 0.2) is 53.3 Å². The maximum atomic E-state index is 13.2. The van der Waals surface area contributed by atoms with E-state index in [1.54, 1.807) is 0 Å². The van der Waals surface area contributed by atoms with E-state index in [1.165, 1.54) is 24.3 Å². The van der Waals surface area contributed by atoms with Crippen LogP contribution in [0.1, 0.15) is 11.4 Å². The Labute approximate surface area is 152 Å². The second-order valence-corrected chi connectivity index (χ2v) is 5.81. The van der Waals surface area contributed by atoms with Gasteiger partial charge in [-0.2, -0.15) is 5.26 Å². The summed E-state index contributed by atoms with van der Waals surface area (Å²) < 4.78 is 13.2. The summed E-state index contributed by atoms with van der Waals surface area (Å²) in [6.45, 7) is 0.298. The Morgan fingerprint density at radius 3 is 2.59 bits per heavy atom. The molecule has 2 heterocycles. The second kappa shape index (κ2) is 6.72. The van der Waals surface area contributed by atoms with E-state index in [0.29, 0.717) is 17.9 Å². The zero-order chi connectivity index (χ0) is 18.8. The third kappa shape index (κ3) is 3.26. The quantitative estimate of drug-likeness (QED) is 0.518. The molecule has 0 spiro atoms. The maximum absolute atomic E-state index is 13.2. The van der Waals surface area contributed by atoms with Crippen LogP contribution in [0.3, 0.4) is 0 Å². The van der Waals surface area contributed by atoms with Gasteiger partial charge in [0.2, 0.25) is 5.95 Å². The highest BCUT2D eigenvalue weighted by Gasteiger charge is 2.14. The summed E-state index contributed by atoms with van der Waals surface area (Å²) >= 11 is 0. The molecule has 27 heavy (non-hydrogen) atoms. The molecule has 0 atom stereocenters. The Hall–Kier alpha value is -3.99. The summed E-state index contributed by atoms with van der Waals surface area (Å²) in [7, 11) is 0. The first-order valence-electron chi connectivity index (χ1n) is 8.12. The van der Waals surface area contributed by atoms with Crippen LogP contribution in [0.5, 0.6) is 0 Å². The molecule has 0 unspecified atom stereocenters. The molecule has 7 nitrogen and oxygen atoms in total. The first kappa shape index (κ1) is 16.5. The van der Waals surface area contributed by atoms with Crippen molar-refractivity contribution >= 4 is 17.0 Å². The van der Waals surface area contributed by atoms with Crippen molar-refractivity contribution in [2.45, 2.75) is 6.54 Å². The number of nitrogens with one attached hydrogen (secondary N) is 3. The number of nitriles is 1. The number of hydrogen-bond acceptors (Lipinski definition) is 5. The molecule has 0 aliphatic rings. The van der Waals surface area contributed by atoms with Gasteiger partial charge in [-0.25, -0.2) is 14.4 Å². The van der Waals surface area contributed by atoms with Gasteiger partial charge in [-0.3, -0.25) is 9.78 Å². The number of hydrogen-bond donors (Lipinski definition) is 3. The normalized spacial score (nSPS) is 10.7. The zero-order valence-corrected chi connectivity index (χ0v) is 14.0. The summed E-state index contributed by atoms with van der Waals surface area (Å²) in [6, 6.07) is 14.9. The average molecular weight is 360 g/mol. The van der Waals surface area contributed by atoms with Crippen LogP contribution in [-0.2, 0) is 6.54 Å². The van der Waals surface area contributed by atoms with E-state index in [-0.39, 0.29) is 17.2 Å². The lowest BCUT2D eigenvalue weighted by Gasteiger charge is -2.08. The number of aromatic amines is 2. The fourth-order valence-electron chi connectivity index (χ4n) is 2.73. The monoisotopic (exact) mass is 360 g/mol. The third-order valence-corrected chi connectivity index (χ3v) is 4.01. The lowest BCUT2D eigenvalue weighted by molar-refractivity contribution is 0.628. The van der Waals surface area contributed by atoms with Crippen LogP contribution in [0.25, 0.3) is 22.3 Å². The van der Waals surface area contributed by atoms with Crippen LogP contribution in [0.4, 0.5) is 10.3 Å². The van der Waals surface area contributed by atoms with Crippen molar-refractivity contribution in [1.29, 1.82) is 5.26 Å². The van der Waals surface area contributed by atoms with Crippen LogP contribution >= 0.6 is 0 Å². The molecule has 0 saturated carbocycles. The number of imidazole rings is 1. The fraction of sp³-hybridized carbons (Fsp3) is 0.0526. The summed E-state index contributed by atoms with van der Waals surface area (Å²) in [5.74, 6) is 0.454. The lowest BCUT2D eigenvalue weighted by atomic mass is 10.1. The number of halogens is 1. The minimum absolute atomic E-state index is 0.129. The summed E-state index contributed by atoms with van der Waals surface area (Å²) in [5.41, 5.74) is 1.71. The predicted molar refractivity (Wildman–Crippen MR) is 98.4 cm³/mol. The number of nitrogens with zero attached hydrogens (tertiary/aromatic N) is 3. The number of fused-ring (bicyclic) bond motifs is 1. The molecule has 132 valence electrons. The zero-order valence-electron chi connectivity index (χ0n) is 14.0. The number of benzene rings is 2. The van der Waals surface area contributed by atoms with E-state index in [2.05, 4.69) is 25.3 Å². The molecule has 2 aromatic carbocycles. The Balaban J connectivity index is 1.66. The number of H-pyrrole nitrogens is 2. The standard InChI is InChI=1S/C19H13FN6O/c20-12-7-5-11(6-8-12)17-13(9-21)18(27)26-19(25-17)22-10-16-23-14-3-1-2-4-15(14)24-16/h1-8H,10H2,(H,23,24)(H2,22,25,26,27). The highest BCUT2D eigenvalue weighted by atomic mass is 19.1. The van der Waals surface area contributed by atoms with Gasteiger partial charge < -0.3 is 10.3 Å². The van der Waals surface area contributed by atoms with Crippen molar-refractivity contribution in [3.8, 4) is 17.3 Å². The number of aromatic nitrogens is 4. The summed E-state index contributed by atoms with van der Waals surface area (Å²) in [6.07, 6.45) is 0. The van der Waals surface area contributed by atoms with Gasteiger partial charge in [0.25, 0.3) is 5.56 Å². The van der Waals surface area contributed by atoms with Crippen molar-refractivity contribution in [3.63, 3.8) is 0 Å². The van der Waals surface area contributed by atoms with E-state index in [4.69, 9.17) is 0 Å². The molecular formula is C19H13FN6O. The van der Waals surface area contributed by atoms with Gasteiger partial charge in [-0.15, -0.1) is 0 Å². The number of anilines is 1. The number of para-hydroxylation sites is 2. The van der Waals surface area contributed by atoms with Gasteiger partial charge in [0, 0.05) is 5.56 Å². The van der Waals surface area contributed by atoms with Gasteiger partial charge in [0.1, 0.15) is 23.3 Å². The smallest absolute Gasteiger partial charge is 0.270 e. The first-order chi connectivity index (χ1) is 13.1. The topological polar surface area (TPSA) is 110 Å². The molecule has 8 heteroatoms. The molecular weight excluding hydrogens is 347 g/mol. The third-order valence-electron chi connectivity index (χ3n) is 4.01. The Morgan fingerprint density at radius 2 is 1.85 bits per heavy atom. The Bertz CT molecular complexity index is 1190. The van der Waals surface area contributed by atoms with Crippen LogP contribution in [-0.4, -0.2) is 19.9 Å². The lowest BCUT2D eigenvalue weighted by Crippen LogP contribution is -2.17. The fourth-order valence-corrected chi connectivity index (χ4v) is 2.73. The molecule has 3 N–H and O–H groups in total. The molecule has 0 aliphatic heterocycles. The molecule has 0 fully saturated rings. The van der Waals surface area contributed by atoms with Crippen molar-refractivity contribution < 1.29 is 4.39 Å². The van der Waals surface area contributed by atoms with Gasteiger partial charge in [0.05, 0.1) is 23.3 Å². The maximum Gasteiger partial charge on any atom is 0.270 e. The highest BCUT2D eigenvalue weighted by Crippen LogP contribution is 2.20. The van der Waals surface area contributed by atoms with Crippen LogP contribution in [0, 0.1) is 17.1 Å². The molecule has 0 radical (unpaired) electrons. The van der Waals surface area contributed by atoms with E-state index in [9.17, 15) is 14.4 Å². The van der Waals surface area contributed by atoms with Crippen LogP contribution in [0.2, 0.25) is 0 Å². The molecule has 4 rings (SSSR count). The average Bonchev–Trinajstić information content (AvgIpc) is 3.09. The van der Waals surface area contributed by atoms with Crippen molar-refractivity contribution in [3.05, 3.63) is 76.1 Å². The molecule has 0 saturated heterocycles. The Morgan fingerprint density at radius 1 is 1.07 bits per heavy atom. The summed E-state index contributed by atoms with van der Waals surface area (Å²) in [4.78, 5) is 26.7. The van der Waals surface area contributed by atoms with Crippen molar-refractivity contribution in [2.75, 3.05) is 5.32 Å². The van der Waals surface area contributed by atoms with Crippen molar-refractivity contribution in [2.24, 2.45) is 0 Å². The van der Waals surface area contributed by atoms with Crippen LogP contribution < -0.4 is 10.9 Å². The van der Waals surface area contributed by atoms with E-state index in [1.807, 2.05) is 30.3 Å². The van der Waals surface area contributed by atoms with Gasteiger partial charge >= 0.3 is 0 Å². The SMILES string of the molecule is N#Cc1c(-c2ccc(F)cc2)nc(NCc2nc3ccccc3[nH]2)[nH]c1=O. The van der Waals surface area contributed by atoms with Crippen molar-refractivity contribution in [1.82, 2.24) is 19.9 Å². The molecule has 0 amide bonds. The van der Waals surface area contributed by atoms with Gasteiger partial charge in [-0.1, -0.05) is 12.1 Å². The van der Waals surface area contributed by atoms with Gasteiger partial charge in [0.15, 0.2) is 0 Å². The van der Waals surface area contributed by atoms with E-state index < -0.39 is 11.4 Å². The van der Waals surface area contributed by atoms with E-state index in [0.717, 1.165) is 11.0 Å². The Kier molecular flexibility index (Phi) is 4.10. The largest absolute Gasteiger partial charge is 0.349 e.